The van der Waals surface area contributed by atoms with Crippen molar-refractivity contribution in [2.75, 3.05) is 5.73 Å². The maximum Gasteiger partial charge on any atom is 0.202 e. The second kappa shape index (κ2) is 2.45. The lowest BCUT2D eigenvalue weighted by Gasteiger charge is -1.93. The molecule has 5 heteroatoms. The van der Waals surface area contributed by atoms with Gasteiger partial charge in [0.15, 0.2) is 5.65 Å². The van der Waals surface area contributed by atoms with E-state index in [1.54, 1.807) is 10.8 Å². The zero-order valence-corrected chi connectivity index (χ0v) is 8.04. The molecule has 0 saturated heterocycles. The van der Waals surface area contributed by atoms with E-state index in [1.165, 1.54) is 0 Å². The molecule has 0 radical (unpaired) electrons. The van der Waals surface area contributed by atoms with E-state index in [0.717, 1.165) is 15.6 Å². The number of halogens is 1. The number of hydrogen-bond donors (Lipinski definition) is 1. The summed E-state index contributed by atoms with van der Waals surface area (Å²) in [5.74, 6) is 0.476. The van der Waals surface area contributed by atoms with Gasteiger partial charge in [0.05, 0.1) is 0 Å². The topological polar surface area (TPSA) is 56.7 Å². The largest absolute Gasteiger partial charge is 0.369 e. The van der Waals surface area contributed by atoms with Gasteiger partial charge in [-0.25, -0.2) is 9.97 Å². The van der Waals surface area contributed by atoms with E-state index in [2.05, 4.69) is 25.9 Å². The van der Waals surface area contributed by atoms with Crippen molar-refractivity contribution >= 4 is 33.0 Å². The Bertz CT molecular complexity index is 434. The highest BCUT2D eigenvalue weighted by Gasteiger charge is 2.07. The van der Waals surface area contributed by atoms with Gasteiger partial charge >= 0.3 is 0 Å². The fraction of sp³-hybridized carbons (Fsp3) is 0.143. The maximum atomic E-state index is 5.61. The first-order chi connectivity index (χ1) is 5.70. The molecule has 2 N–H and O–H groups in total. The number of aromatic nitrogens is 3. The van der Waals surface area contributed by atoms with Gasteiger partial charge in [-0.05, 0) is 22.0 Å². The average molecular weight is 227 g/mol. The number of fused-ring (bicyclic) bond motifs is 1. The summed E-state index contributed by atoms with van der Waals surface area (Å²) < 4.78 is 2.67. The Balaban J connectivity index is 2.95. The van der Waals surface area contributed by atoms with Gasteiger partial charge in [-0.1, -0.05) is 0 Å². The predicted molar refractivity (Wildman–Crippen MR) is 50.6 cm³/mol. The van der Waals surface area contributed by atoms with E-state index < -0.39 is 0 Å². The minimum absolute atomic E-state index is 0.476. The van der Waals surface area contributed by atoms with Crippen molar-refractivity contribution in [2.45, 2.75) is 0 Å². The van der Waals surface area contributed by atoms with Crippen molar-refractivity contribution in [3.8, 4) is 0 Å². The second-order valence-corrected chi connectivity index (χ2v) is 3.35. The fourth-order valence-electron chi connectivity index (χ4n) is 1.07. The molecule has 2 aromatic rings. The first kappa shape index (κ1) is 7.54. The van der Waals surface area contributed by atoms with E-state index >= 15 is 0 Å². The first-order valence-electron chi connectivity index (χ1n) is 3.42. The lowest BCUT2D eigenvalue weighted by atomic mass is 10.4. The van der Waals surface area contributed by atoms with E-state index in [9.17, 15) is 0 Å². The highest BCUT2D eigenvalue weighted by Crippen LogP contribution is 2.21. The number of imidazole rings is 1. The summed E-state index contributed by atoms with van der Waals surface area (Å²) in [5.41, 5.74) is 7.21. The minimum Gasteiger partial charge on any atom is -0.369 e. The maximum absolute atomic E-state index is 5.61. The zero-order valence-electron chi connectivity index (χ0n) is 6.45. The SMILES string of the molecule is Cn1c(N)nc2c(Br)ccnc21. The smallest absolute Gasteiger partial charge is 0.202 e. The standard InChI is InChI=1S/C7H7BrN4/c1-12-6-5(11-7(12)9)4(8)2-3-10-6/h2-3H,1H3,(H2,9,11). The molecule has 12 heavy (non-hydrogen) atoms. The van der Waals surface area contributed by atoms with E-state index in [0.29, 0.717) is 5.95 Å². The molecule has 0 bridgehead atoms. The van der Waals surface area contributed by atoms with Gasteiger partial charge in [-0.3, -0.25) is 4.57 Å². The van der Waals surface area contributed by atoms with Crippen LogP contribution in [0.25, 0.3) is 11.2 Å². The number of nitrogens with two attached hydrogens (primary N) is 1. The van der Waals surface area contributed by atoms with Crippen LogP contribution in [0.3, 0.4) is 0 Å². The predicted octanol–water partition coefficient (Wildman–Crippen LogP) is 1.31. The first-order valence-corrected chi connectivity index (χ1v) is 4.22. The lowest BCUT2D eigenvalue weighted by Crippen LogP contribution is -1.96. The minimum atomic E-state index is 0.476. The summed E-state index contributed by atoms with van der Waals surface area (Å²) in [6, 6.07) is 1.84. The summed E-state index contributed by atoms with van der Waals surface area (Å²) in [7, 11) is 1.84. The summed E-state index contributed by atoms with van der Waals surface area (Å²) in [4.78, 5) is 8.30. The molecular weight excluding hydrogens is 220 g/mol. The van der Waals surface area contributed by atoms with Crippen LogP contribution >= 0.6 is 15.9 Å². The van der Waals surface area contributed by atoms with Crippen LogP contribution in [-0.4, -0.2) is 14.5 Å². The molecule has 2 aromatic heterocycles. The molecule has 0 aliphatic heterocycles. The van der Waals surface area contributed by atoms with Crippen molar-refractivity contribution in [1.29, 1.82) is 0 Å². The van der Waals surface area contributed by atoms with Gasteiger partial charge < -0.3 is 5.73 Å². The van der Waals surface area contributed by atoms with Crippen molar-refractivity contribution in [2.24, 2.45) is 7.05 Å². The number of anilines is 1. The summed E-state index contributed by atoms with van der Waals surface area (Å²) in [5, 5.41) is 0. The van der Waals surface area contributed by atoms with Crippen molar-refractivity contribution in [3.05, 3.63) is 16.7 Å². The molecule has 0 saturated carbocycles. The van der Waals surface area contributed by atoms with Crippen molar-refractivity contribution < 1.29 is 0 Å². The van der Waals surface area contributed by atoms with Crippen LogP contribution in [0.15, 0.2) is 16.7 Å². The normalized spacial score (nSPS) is 10.8. The Morgan fingerprint density at radius 2 is 2.33 bits per heavy atom. The molecule has 0 atom stereocenters. The Morgan fingerprint density at radius 3 is 3.00 bits per heavy atom. The van der Waals surface area contributed by atoms with Crippen molar-refractivity contribution in [1.82, 2.24) is 14.5 Å². The Labute approximate surface area is 77.5 Å². The second-order valence-electron chi connectivity index (χ2n) is 2.49. The van der Waals surface area contributed by atoms with E-state index in [1.807, 2.05) is 13.1 Å². The molecule has 0 aromatic carbocycles. The van der Waals surface area contributed by atoms with Crippen LogP contribution in [0, 0.1) is 0 Å². The Hall–Kier alpha value is -1.10. The molecule has 62 valence electrons. The zero-order chi connectivity index (χ0) is 8.72. The number of aryl methyl sites for hydroxylation is 1. The molecular formula is C7H7BrN4. The Kier molecular flexibility index (Phi) is 1.54. The molecule has 2 heterocycles. The number of rotatable bonds is 0. The van der Waals surface area contributed by atoms with Gasteiger partial charge in [0, 0.05) is 17.7 Å². The van der Waals surface area contributed by atoms with Crippen LogP contribution < -0.4 is 5.73 Å². The van der Waals surface area contributed by atoms with Gasteiger partial charge in [-0.15, -0.1) is 0 Å². The summed E-state index contributed by atoms with van der Waals surface area (Å²) >= 11 is 3.37. The highest BCUT2D eigenvalue weighted by molar-refractivity contribution is 9.10. The van der Waals surface area contributed by atoms with Crippen LogP contribution in [0.4, 0.5) is 5.95 Å². The average Bonchev–Trinajstić information content (AvgIpc) is 2.32. The van der Waals surface area contributed by atoms with Gasteiger partial charge in [0.1, 0.15) is 5.52 Å². The van der Waals surface area contributed by atoms with Crippen LogP contribution in [0.1, 0.15) is 0 Å². The molecule has 0 unspecified atom stereocenters. The van der Waals surface area contributed by atoms with E-state index in [4.69, 9.17) is 5.73 Å². The number of pyridine rings is 1. The number of nitrogens with zero attached hydrogens (tertiary/aromatic N) is 3. The highest BCUT2D eigenvalue weighted by atomic mass is 79.9. The third-order valence-electron chi connectivity index (χ3n) is 1.74. The monoisotopic (exact) mass is 226 g/mol. The molecule has 0 fully saturated rings. The molecule has 0 spiro atoms. The molecule has 0 aliphatic rings. The van der Waals surface area contributed by atoms with Crippen LogP contribution in [0.2, 0.25) is 0 Å². The lowest BCUT2D eigenvalue weighted by molar-refractivity contribution is 0.947. The molecule has 2 rings (SSSR count). The van der Waals surface area contributed by atoms with Crippen LogP contribution in [-0.2, 0) is 7.05 Å². The van der Waals surface area contributed by atoms with Gasteiger partial charge in [-0.2, -0.15) is 0 Å². The summed E-state index contributed by atoms with van der Waals surface area (Å²) in [6.07, 6.45) is 1.72. The third-order valence-corrected chi connectivity index (χ3v) is 2.38. The Morgan fingerprint density at radius 1 is 1.58 bits per heavy atom. The molecule has 0 amide bonds. The van der Waals surface area contributed by atoms with Crippen molar-refractivity contribution in [3.63, 3.8) is 0 Å². The summed E-state index contributed by atoms with van der Waals surface area (Å²) in [6.45, 7) is 0. The fourth-order valence-corrected chi connectivity index (χ4v) is 1.45. The number of hydrogen-bond acceptors (Lipinski definition) is 3. The van der Waals surface area contributed by atoms with E-state index in [-0.39, 0.29) is 0 Å². The van der Waals surface area contributed by atoms with Gasteiger partial charge in [0.2, 0.25) is 5.95 Å². The number of nitrogen functional groups attached to an aromatic ring is 1. The molecule has 4 nitrogen and oxygen atoms in total. The van der Waals surface area contributed by atoms with Crippen LogP contribution in [0.5, 0.6) is 0 Å². The third kappa shape index (κ3) is 0.896. The van der Waals surface area contributed by atoms with Gasteiger partial charge in [0.25, 0.3) is 0 Å². The quantitative estimate of drug-likeness (QED) is 0.738. The molecule has 0 aliphatic carbocycles.